The molecule has 1 saturated heterocycles. The predicted molar refractivity (Wildman–Crippen MR) is 100 cm³/mol. The number of rotatable bonds is 5. The highest BCUT2D eigenvalue weighted by Gasteiger charge is 2.22. The summed E-state index contributed by atoms with van der Waals surface area (Å²) in [5.74, 6) is -0.237. The normalized spacial score (nSPS) is 14.0. The van der Waals surface area contributed by atoms with Gasteiger partial charge in [-0.05, 0) is 31.2 Å². The number of ether oxygens (including phenoxy) is 1. The lowest BCUT2D eigenvalue weighted by Gasteiger charge is -2.35. The second-order valence-corrected chi connectivity index (χ2v) is 6.08. The molecule has 0 unspecified atom stereocenters. The summed E-state index contributed by atoms with van der Waals surface area (Å²) in [4.78, 5) is 36.2. The van der Waals surface area contributed by atoms with Gasteiger partial charge < -0.3 is 19.9 Å². The third-order valence-electron chi connectivity index (χ3n) is 4.31. The minimum atomic E-state index is -0.268. The summed E-state index contributed by atoms with van der Waals surface area (Å²) in [6.07, 6.45) is 3.11. The van der Waals surface area contributed by atoms with Crippen LogP contribution in [0.4, 0.5) is 10.5 Å². The fourth-order valence-electron chi connectivity index (χ4n) is 2.83. The van der Waals surface area contributed by atoms with Gasteiger partial charge in [0, 0.05) is 32.4 Å². The van der Waals surface area contributed by atoms with E-state index in [-0.39, 0.29) is 12.0 Å². The highest BCUT2D eigenvalue weighted by molar-refractivity contribution is 5.92. The molecule has 1 aliphatic heterocycles. The van der Waals surface area contributed by atoms with Crippen LogP contribution >= 0.6 is 0 Å². The number of hydrogen-bond acceptors (Lipinski definition) is 6. The summed E-state index contributed by atoms with van der Waals surface area (Å²) in [6.45, 7) is 5.15. The molecule has 2 aromatic rings. The average molecular weight is 369 g/mol. The zero-order valence-electron chi connectivity index (χ0n) is 15.3. The number of piperazine rings is 1. The third kappa shape index (κ3) is 4.93. The van der Waals surface area contributed by atoms with Gasteiger partial charge in [0.25, 0.3) is 5.91 Å². The van der Waals surface area contributed by atoms with E-state index in [2.05, 4.69) is 20.2 Å². The van der Waals surface area contributed by atoms with Crippen molar-refractivity contribution in [3.63, 3.8) is 0 Å². The SMILES string of the molecule is CCOC(=O)N1CCN(c2ccc(C(=O)NCc3ccccn3)nc2)CC1. The number of anilines is 1. The summed E-state index contributed by atoms with van der Waals surface area (Å²) < 4.78 is 5.03. The van der Waals surface area contributed by atoms with E-state index in [1.807, 2.05) is 24.3 Å². The summed E-state index contributed by atoms with van der Waals surface area (Å²) in [7, 11) is 0. The van der Waals surface area contributed by atoms with Crippen molar-refractivity contribution in [2.24, 2.45) is 0 Å². The lowest BCUT2D eigenvalue weighted by atomic mass is 10.2. The van der Waals surface area contributed by atoms with Crippen molar-refractivity contribution in [1.29, 1.82) is 0 Å². The fraction of sp³-hybridized carbons (Fsp3) is 0.368. The van der Waals surface area contributed by atoms with Crippen molar-refractivity contribution in [3.8, 4) is 0 Å². The molecule has 1 aliphatic rings. The Labute approximate surface area is 158 Å². The van der Waals surface area contributed by atoms with Crippen molar-refractivity contribution in [3.05, 3.63) is 54.1 Å². The van der Waals surface area contributed by atoms with Crippen molar-refractivity contribution in [1.82, 2.24) is 20.2 Å². The third-order valence-corrected chi connectivity index (χ3v) is 4.31. The lowest BCUT2D eigenvalue weighted by Crippen LogP contribution is -2.49. The topological polar surface area (TPSA) is 87.7 Å². The molecule has 0 spiro atoms. The Morgan fingerprint density at radius 2 is 1.93 bits per heavy atom. The second kappa shape index (κ2) is 8.98. The maximum Gasteiger partial charge on any atom is 0.409 e. The van der Waals surface area contributed by atoms with Crippen LogP contribution in [-0.2, 0) is 11.3 Å². The van der Waals surface area contributed by atoms with Crippen molar-refractivity contribution < 1.29 is 14.3 Å². The Morgan fingerprint density at radius 1 is 1.11 bits per heavy atom. The summed E-state index contributed by atoms with van der Waals surface area (Å²) in [5, 5.41) is 2.81. The summed E-state index contributed by atoms with van der Waals surface area (Å²) >= 11 is 0. The smallest absolute Gasteiger partial charge is 0.409 e. The van der Waals surface area contributed by atoms with Gasteiger partial charge in [-0.15, -0.1) is 0 Å². The first-order valence-corrected chi connectivity index (χ1v) is 8.98. The number of aromatic nitrogens is 2. The highest BCUT2D eigenvalue weighted by atomic mass is 16.6. The second-order valence-electron chi connectivity index (χ2n) is 6.08. The van der Waals surface area contributed by atoms with Crippen LogP contribution in [0.5, 0.6) is 0 Å². The molecule has 8 nitrogen and oxygen atoms in total. The molecule has 27 heavy (non-hydrogen) atoms. The number of pyridine rings is 2. The molecule has 2 amide bonds. The molecule has 142 valence electrons. The quantitative estimate of drug-likeness (QED) is 0.863. The van der Waals surface area contributed by atoms with Gasteiger partial charge in [-0.3, -0.25) is 9.78 Å². The fourth-order valence-corrected chi connectivity index (χ4v) is 2.83. The van der Waals surface area contributed by atoms with Crippen LogP contribution < -0.4 is 10.2 Å². The van der Waals surface area contributed by atoms with Crippen LogP contribution in [0.3, 0.4) is 0 Å². The first kappa shape index (κ1) is 18.6. The van der Waals surface area contributed by atoms with Crippen LogP contribution in [0.1, 0.15) is 23.1 Å². The Morgan fingerprint density at radius 3 is 2.56 bits per heavy atom. The van der Waals surface area contributed by atoms with E-state index in [1.54, 1.807) is 30.3 Å². The van der Waals surface area contributed by atoms with E-state index < -0.39 is 0 Å². The Hall–Kier alpha value is -3.16. The Bertz CT molecular complexity index is 759. The van der Waals surface area contributed by atoms with Crippen molar-refractivity contribution in [2.75, 3.05) is 37.7 Å². The zero-order valence-corrected chi connectivity index (χ0v) is 15.3. The molecule has 3 rings (SSSR count). The first-order chi connectivity index (χ1) is 13.2. The van der Waals surface area contributed by atoms with Gasteiger partial charge in [-0.2, -0.15) is 0 Å². The van der Waals surface area contributed by atoms with Gasteiger partial charge in [0.05, 0.1) is 30.7 Å². The van der Waals surface area contributed by atoms with Gasteiger partial charge in [0.1, 0.15) is 5.69 Å². The Balaban J connectivity index is 1.51. The molecule has 0 atom stereocenters. The van der Waals surface area contributed by atoms with Gasteiger partial charge in [0.15, 0.2) is 0 Å². The number of carbonyl (C=O) groups is 2. The van der Waals surface area contributed by atoms with E-state index in [9.17, 15) is 9.59 Å². The molecule has 8 heteroatoms. The van der Waals surface area contributed by atoms with E-state index in [1.165, 1.54) is 0 Å². The number of carbonyl (C=O) groups excluding carboxylic acids is 2. The molecule has 1 N–H and O–H groups in total. The van der Waals surface area contributed by atoms with Crippen LogP contribution in [0.2, 0.25) is 0 Å². The summed E-state index contributed by atoms with van der Waals surface area (Å²) in [5.41, 5.74) is 2.08. The Kier molecular flexibility index (Phi) is 6.19. The van der Waals surface area contributed by atoms with Gasteiger partial charge in [-0.1, -0.05) is 6.07 Å². The van der Waals surface area contributed by atoms with Gasteiger partial charge in [0.2, 0.25) is 0 Å². The van der Waals surface area contributed by atoms with Crippen molar-refractivity contribution >= 4 is 17.7 Å². The molecule has 0 saturated carbocycles. The maximum absolute atomic E-state index is 12.2. The van der Waals surface area contributed by atoms with Crippen molar-refractivity contribution in [2.45, 2.75) is 13.5 Å². The first-order valence-electron chi connectivity index (χ1n) is 8.98. The van der Waals surface area contributed by atoms with E-state index in [4.69, 9.17) is 4.74 Å². The molecule has 0 aromatic carbocycles. The number of amides is 2. The molecule has 2 aromatic heterocycles. The maximum atomic E-state index is 12.2. The predicted octanol–water partition coefficient (Wildman–Crippen LogP) is 1.69. The standard InChI is InChI=1S/C19H23N5O3/c1-2-27-19(26)24-11-9-23(10-12-24)16-6-7-17(21-14-16)18(25)22-13-15-5-3-4-8-20-15/h3-8,14H,2,9-13H2,1H3,(H,22,25). The molecule has 0 radical (unpaired) electrons. The number of nitrogens with zero attached hydrogens (tertiary/aromatic N) is 4. The van der Waals surface area contributed by atoms with E-state index >= 15 is 0 Å². The van der Waals surface area contributed by atoms with Crippen LogP contribution in [-0.4, -0.2) is 59.7 Å². The monoisotopic (exact) mass is 369 g/mol. The molecular weight excluding hydrogens is 346 g/mol. The minimum Gasteiger partial charge on any atom is -0.450 e. The molecule has 0 aliphatic carbocycles. The van der Waals surface area contributed by atoms with E-state index in [0.29, 0.717) is 45.0 Å². The summed E-state index contributed by atoms with van der Waals surface area (Å²) in [6, 6.07) is 9.15. The molecule has 0 bridgehead atoms. The van der Waals surface area contributed by atoms with Crippen LogP contribution in [0, 0.1) is 0 Å². The zero-order chi connectivity index (χ0) is 19.1. The molecular formula is C19H23N5O3. The molecule has 3 heterocycles. The van der Waals surface area contributed by atoms with Crippen LogP contribution in [0.15, 0.2) is 42.7 Å². The van der Waals surface area contributed by atoms with Gasteiger partial charge in [-0.25, -0.2) is 9.78 Å². The average Bonchev–Trinajstić information content (AvgIpc) is 2.73. The number of nitrogens with one attached hydrogen (secondary N) is 1. The van der Waals surface area contributed by atoms with Gasteiger partial charge >= 0.3 is 6.09 Å². The largest absolute Gasteiger partial charge is 0.450 e. The highest BCUT2D eigenvalue weighted by Crippen LogP contribution is 2.16. The lowest BCUT2D eigenvalue weighted by molar-refractivity contribution is 0.0944. The number of hydrogen-bond donors (Lipinski definition) is 1. The van der Waals surface area contributed by atoms with Crippen LogP contribution in [0.25, 0.3) is 0 Å². The molecule has 1 fully saturated rings. The minimum absolute atomic E-state index is 0.237. The van der Waals surface area contributed by atoms with E-state index in [0.717, 1.165) is 11.4 Å².